The minimum absolute atomic E-state index is 0.000924. The van der Waals surface area contributed by atoms with E-state index in [1.54, 1.807) is 6.92 Å². The highest BCUT2D eigenvalue weighted by atomic mass is 16.5. The van der Waals surface area contributed by atoms with Crippen LogP contribution in [0.15, 0.2) is 48.7 Å². The molecular weight excluding hydrogens is 631 g/mol. The second kappa shape index (κ2) is 12.1. The van der Waals surface area contributed by atoms with Gasteiger partial charge in [-0.05, 0) is 135 Å². The van der Waals surface area contributed by atoms with E-state index in [1.165, 1.54) is 31.3 Å². The highest BCUT2D eigenvalue weighted by Gasteiger charge is 2.72. The van der Waals surface area contributed by atoms with E-state index in [2.05, 4.69) is 82.3 Å². The highest BCUT2D eigenvalue weighted by molar-refractivity contribution is 5.84. The summed E-state index contributed by atoms with van der Waals surface area (Å²) in [7, 11) is 0. The van der Waals surface area contributed by atoms with Crippen molar-refractivity contribution in [1.29, 1.82) is 0 Å². The van der Waals surface area contributed by atoms with Crippen LogP contribution in [-0.4, -0.2) is 39.4 Å². The number of allylic oxidation sites excluding steroid dienone is 1. The Hall–Kier alpha value is -2.89. The van der Waals surface area contributed by atoms with Crippen molar-refractivity contribution >= 4 is 11.9 Å². The van der Waals surface area contributed by atoms with Gasteiger partial charge in [0.05, 0.1) is 23.3 Å². The maximum Gasteiger partial charge on any atom is 0.302 e. The Morgan fingerprint density at radius 2 is 1.63 bits per heavy atom. The molecule has 6 nitrogen and oxygen atoms in total. The molecule has 1 N–H and O–H groups in total. The second-order valence-electron chi connectivity index (χ2n) is 19.5. The number of benzene rings is 1. The molecule has 1 aromatic heterocycles. The largest absolute Gasteiger partial charge is 0.462 e. The van der Waals surface area contributed by atoms with E-state index in [4.69, 9.17) is 9.72 Å². The first-order valence-corrected chi connectivity index (χ1v) is 20.4. The average molecular weight is 694 g/mol. The number of amides is 1. The fourth-order valence-corrected chi connectivity index (χ4v) is 14.7. The fraction of sp³-hybridized carbons (Fsp3) is 0.711. The summed E-state index contributed by atoms with van der Waals surface area (Å²) in [5.41, 5.74) is 3.68. The minimum atomic E-state index is -0.320. The van der Waals surface area contributed by atoms with E-state index in [0.717, 1.165) is 75.0 Å². The summed E-state index contributed by atoms with van der Waals surface area (Å²) in [5.74, 6) is 3.64. The van der Waals surface area contributed by atoms with Gasteiger partial charge >= 0.3 is 5.97 Å². The number of hydrogen-bond acceptors (Lipinski definition) is 4. The molecule has 276 valence electrons. The minimum Gasteiger partial charge on any atom is -0.462 e. The zero-order valence-corrected chi connectivity index (χ0v) is 32.5. The number of rotatable bonds is 5. The van der Waals surface area contributed by atoms with E-state index in [0.29, 0.717) is 35.5 Å². The van der Waals surface area contributed by atoms with E-state index in [-0.39, 0.29) is 45.2 Å². The topological polar surface area (TPSA) is 75.3 Å². The Morgan fingerprint density at radius 3 is 2.35 bits per heavy atom. The molecule has 6 aliphatic rings. The van der Waals surface area contributed by atoms with Crippen molar-refractivity contribution in [1.82, 2.24) is 14.9 Å². The standard InChI is InChI=1S/C45H63N3O3/c1-28(2)31-18-23-45(40(50)48-26-12-15-34(48)39-46-27-33(47-39)30-13-10-9-11-14-30)25-24-43(7)32(38(31)45)16-17-36-42(6)21-20-37(51-29(3)49)41(4,5)35(42)19-22-44(36,43)8/h9-11,13-14,27,31-32,34-38H,1,12,15-26H2,2-8H3,(H,46,47)/t31-,32+,34-,35?,36+,37-,38?,42-,43+,44+,45-/m0/s1. The van der Waals surface area contributed by atoms with Gasteiger partial charge in [0.15, 0.2) is 0 Å². The number of aromatic nitrogens is 2. The summed E-state index contributed by atoms with van der Waals surface area (Å²) in [6, 6.07) is 10.4. The van der Waals surface area contributed by atoms with Gasteiger partial charge in [-0.15, -0.1) is 0 Å². The predicted octanol–water partition coefficient (Wildman–Crippen LogP) is 10.3. The van der Waals surface area contributed by atoms with Gasteiger partial charge < -0.3 is 14.6 Å². The summed E-state index contributed by atoms with van der Waals surface area (Å²) >= 11 is 0. The summed E-state index contributed by atoms with van der Waals surface area (Å²) in [5, 5.41) is 0. The number of carbonyl (C=O) groups is 2. The maximum atomic E-state index is 15.4. The molecule has 2 aromatic rings. The molecule has 51 heavy (non-hydrogen) atoms. The van der Waals surface area contributed by atoms with Gasteiger partial charge in [-0.25, -0.2) is 4.98 Å². The molecular formula is C45H63N3O3. The Morgan fingerprint density at radius 1 is 0.863 bits per heavy atom. The molecule has 2 unspecified atom stereocenters. The molecule has 0 radical (unpaired) electrons. The lowest BCUT2D eigenvalue weighted by Gasteiger charge is -2.73. The molecule has 2 heterocycles. The molecule has 5 aliphatic carbocycles. The maximum absolute atomic E-state index is 15.4. The van der Waals surface area contributed by atoms with Crippen LogP contribution in [0.25, 0.3) is 11.3 Å². The van der Waals surface area contributed by atoms with Crippen LogP contribution in [0.5, 0.6) is 0 Å². The van der Waals surface area contributed by atoms with Crippen molar-refractivity contribution in [2.45, 2.75) is 138 Å². The van der Waals surface area contributed by atoms with Crippen LogP contribution in [0.3, 0.4) is 0 Å². The number of ether oxygens (including phenoxy) is 1. The van der Waals surface area contributed by atoms with Gasteiger partial charge in [0.2, 0.25) is 5.91 Å². The first kappa shape index (κ1) is 35.2. The van der Waals surface area contributed by atoms with Crippen LogP contribution in [0.2, 0.25) is 0 Å². The molecule has 6 heteroatoms. The number of fused-ring (bicyclic) bond motifs is 7. The molecule has 11 atom stereocenters. The summed E-state index contributed by atoms with van der Waals surface area (Å²) in [4.78, 5) is 38.3. The summed E-state index contributed by atoms with van der Waals surface area (Å²) < 4.78 is 5.99. The number of H-pyrrole nitrogens is 1. The normalized spacial score (nSPS) is 42.6. The molecule has 1 amide bonds. The number of carbonyl (C=O) groups excluding carboxylic acids is 2. The lowest BCUT2D eigenvalue weighted by molar-refractivity contribution is -0.249. The van der Waals surface area contributed by atoms with Crippen molar-refractivity contribution < 1.29 is 14.3 Å². The molecule has 0 spiro atoms. The van der Waals surface area contributed by atoms with Gasteiger partial charge in [-0.1, -0.05) is 77.1 Å². The van der Waals surface area contributed by atoms with Gasteiger partial charge in [-0.2, -0.15) is 0 Å². The lowest BCUT2D eigenvalue weighted by atomic mass is 9.32. The Bertz CT molecular complexity index is 1700. The van der Waals surface area contributed by atoms with E-state index in [1.807, 2.05) is 12.3 Å². The number of esters is 1. The molecule has 1 aromatic carbocycles. The second-order valence-corrected chi connectivity index (χ2v) is 19.5. The van der Waals surface area contributed by atoms with Crippen LogP contribution in [0.1, 0.15) is 137 Å². The van der Waals surface area contributed by atoms with Gasteiger partial charge in [0.1, 0.15) is 11.9 Å². The zero-order valence-electron chi connectivity index (χ0n) is 32.5. The van der Waals surface area contributed by atoms with Gasteiger partial charge in [0, 0.05) is 18.9 Å². The monoisotopic (exact) mass is 693 g/mol. The van der Waals surface area contributed by atoms with Crippen molar-refractivity contribution in [2.75, 3.05) is 6.54 Å². The smallest absolute Gasteiger partial charge is 0.302 e. The lowest BCUT2D eigenvalue weighted by Crippen LogP contribution is -2.67. The van der Waals surface area contributed by atoms with E-state index >= 15 is 4.79 Å². The molecule has 8 rings (SSSR count). The number of hydrogen-bond donors (Lipinski definition) is 1. The highest BCUT2D eigenvalue weighted by Crippen LogP contribution is 2.78. The Labute approximate surface area is 307 Å². The van der Waals surface area contributed by atoms with Gasteiger partial charge in [0.25, 0.3) is 0 Å². The third-order valence-corrected chi connectivity index (χ3v) is 17.2. The first-order chi connectivity index (χ1) is 24.2. The van der Waals surface area contributed by atoms with E-state index in [9.17, 15) is 4.79 Å². The van der Waals surface area contributed by atoms with Crippen LogP contribution in [0, 0.1) is 56.7 Å². The predicted molar refractivity (Wildman–Crippen MR) is 202 cm³/mol. The van der Waals surface area contributed by atoms with Crippen molar-refractivity contribution in [2.24, 2.45) is 56.7 Å². The third-order valence-electron chi connectivity index (χ3n) is 17.2. The number of aromatic amines is 1. The van der Waals surface area contributed by atoms with E-state index < -0.39 is 0 Å². The van der Waals surface area contributed by atoms with Crippen molar-refractivity contribution in [3.63, 3.8) is 0 Å². The van der Waals surface area contributed by atoms with Crippen LogP contribution >= 0.6 is 0 Å². The number of nitrogens with zero attached hydrogens (tertiary/aromatic N) is 2. The number of likely N-dealkylation sites (tertiary alicyclic amines) is 1. The third kappa shape index (κ3) is 4.95. The van der Waals surface area contributed by atoms with Crippen LogP contribution in [0.4, 0.5) is 0 Å². The summed E-state index contributed by atoms with van der Waals surface area (Å²) in [6.07, 6.45) is 15.1. The molecule has 0 bridgehead atoms. The molecule has 6 fully saturated rings. The number of imidazole rings is 1. The molecule has 1 saturated heterocycles. The average Bonchev–Trinajstić information content (AvgIpc) is 3.85. The fourth-order valence-electron chi connectivity index (χ4n) is 14.7. The van der Waals surface area contributed by atoms with Gasteiger partial charge in [-0.3, -0.25) is 9.59 Å². The zero-order chi connectivity index (χ0) is 36.1. The van der Waals surface area contributed by atoms with Crippen LogP contribution in [-0.2, 0) is 14.3 Å². The number of nitrogens with one attached hydrogen (secondary N) is 1. The van der Waals surface area contributed by atoms with Crippen molar-refractivity contribution in [3.8, 4) is 11.3 Å². The first-order valence-electron chi connectivity index (χ1n) is 20.4. The molecule has 5 saturated carbocycles. The van der Waals surface area contributed by atoms with Crippen LogP contribution < -0.4 is 0 Å². The SMILES string of the molecule is C=C(C)[C@@H]1CC[C@]2(C(=O)N3CCC[C@H]3c3ncc(-c4ccccc4)[nH]3)CC[C@]3(C)[C@H](CC[C@@H]4[C@@]5(C)CC[C@H](OC(C)=O)C(C)(C)C5CC[C@]43C)C12. The summed E-state index contributed by atoms with van der Waals surface area (Å²) in [6.45, 7) is 22.0. The Kier molecular flexibility index (Phi) is 8.32. The van der Waals surface area contributed by atoms with Crippen molar-refractivity contribution in [3.05, 3.63) is 54.5 Å². The molecule has 1 aliphatic heterocycles. The Balaban J connectivity index is 1.11. The quantitative estimate of drug-likeness (QED) is 0.250.